The predicted octanol–water partition coefficient (Wildman–Crippen LogP) is 3.55. The summed E-state index contributed by atoms with van der Waals surface area (Å²) in [5.41, 5.74) is 2.32. The molecule has 3 aliphatic rings. The van der Waals surface area contributed by atoms with Crippen molar-refractivity contribution in [2.75, 3.05) is 31.6 Å². The average Bonchev–Trinajstić information content (AvgIpc) is 3.25. The van der Waals surface area contributed by atoms with Gasteiger partial charge in [0.1, 0.15) is 5.82 Å². The van der Waals surface area contributed by atoms with Crippen molar-refractivity contribution in [3.05, 3.63) is 47.7 Å². The van der Waals surface area contributed by atoms with Crippen molar-refractivity contribution in [3.63, 3.8) is 0 Å². The summed E-state index contributed by atoms with van der Waals surface area (Å²) in [4.78, 5) is 38.6. The Kier molecular flexibility index (Phi) is 8.50. The molecule has 0 spiro atoms. The molecule has 33 heavy (non-hydrogen) atoms. The summed E-state index contributed by atoms with van der Waals surface area (Å²) in [6, 6.07) is 6.25. The normalized spacial score (nSPS) is 21.2. The molecule has 4 heterocycles. The number of carboxylic acid groups (broad SMARTS) is 2. The number of nitrogens with zero attached hydrogens (tertiary/aromatic N) is 2. The Labute approximate surface area is 193 Å². The number of benzene rings is 1. The van der Waals surface area contributed by atoms with Crippen molar-refractivity contribution in [3.8, 4) is 10.4 Å². The molecule has 5 rings (SSSR count). The number of fused-ring (bicyclic) bond motifs is 3. The molecule has 3 saturated heterocycles. The number of hydrogen-bond acceptors (Lipinski definition) is 7. The number of hydrogen-bond donors (Lipinski definition) is 3. The lowest BCUT2D eigenvalue weighted by molar-refractivity contribution is -0.134. The highest BCUT2D eigenvalue weighted by Gasteiger charge is 2.34. The molecule has 1 aromatic carbocycles. The van der Waals surface area contributed by atoms with Crippen LogP contribution in [0.1, 0.15) is 12.8 Å². The van der Waals surface area contributed by atoms with E-state index in [0.29, 0.717) is 42.0 Å². The van der Waals surface area contributed by atoms with E-state index in [0.717, 1.165) is 11.4 Å². The van der Waals surface area contributed by atoms with Crippen LogP contribution in [0, 0.1) is 17.7 Å². The fourth-order valence-corrected chi connectivity index (χ4v) is 4.65. The van der Waals surface area contributed by atoms with Gasteiger partial charge in [0.15, 0.2) is 5.82 Å². The van der Waals surface area contributed by atoms with Crippen LogP contribution in [0.25, 0.3) is 10.4 Å². The van der Waals surface area contributed by atoms with Gasteiger partial charge in [0.2, 0.25) is 0 Å². The molecule has 0 aliphatic carbocycles. The monoisotopic (exact) mass is 477 g/mol. The van der Waals surface area contributed by atoms with Gasteiger partial charge < -0.3 is 19.8 Å². The van der Waals surface area contributed by atoms with Crippen LogP contribution < -0.4 is 5.32 Å². The highest BCUT2D eigenvalue weighted by atomic mass is 32.1. The van der Waals surface area contributed by atoms with Gasteiger partial charge >= 0.3 is 18.0 Å². The standard InChI is InChI=1S/C18H20FN3O2S.C4H4O4/c19-15-3-1-2-13(8-15)16-17(20-11-25-16)21-18(23)24-10-14-9-22-6-4-12(14)5-7-22;5-3(6)1-2-4(7)8/h1-3,8,11-12,14H,4-7,9-10H2,(H,21,23);1-2H,(H,5,6)(H,7,8)/b;2-1+. The number of carbonyl (C=O) groups is 3. The van der Waals surface area contributed by atoms with Crippen LogP contribution in [-0.2, 0) is 14.3 Å². The highest BCUT2D eigenvalue weighted by molar-refractivity contribution is 7.13. The Bertz CT molecular complexity index is 1000. The lowest BCUT2D eigenvalue weighted by Gasteiger charge is -2.44. The number of amides is 1. The molecule has 3 fully saturated rings. The number of aromatic nitrogens is 1. The van der Waals surface area contributed by atoms with Gasteiger partial charge in [-0.3, -0.25) is 5.32 Å². The predicted molar refractivity (Wildman–Crippen MR) is 120 cm³/mol. The van der Waals surface area contributed by atoms with Gasteiger partial charge in [0.05, 0.1) is 17.0 Å². The van der Waals surface area contributed by atoms with Gasteiger partial charge in [0.25, 0.3) is 0 Å². The van der Waals surface area contributed by atoms with E-state index in [1.54, 1.807) is 17.6 Å². The molecule has 11 heteroatoms. The summed E-state index contributed by atoms with van der Waals surface area (Å²) >= 11 is 1.35. The van der Waals surface area contributed by atoms with E-state index in [2.05, 4.69) is 15.2 Å². The first kappa shape index (κ1) is 24.3. The number of aliphatic carboxylic acids is 2. The number of anilines is 1. The molecule has 9 nitrogen and oxygen atoms in total. The van der Waals surface area contributed by atoms with Gasteiger partial charge in [-0.25, -0.2) is 23.8 Å². The second kappa shape index (κ2) is 11.5. The smallest absolute Gasteiger partial charge is 0.412 e. The Morgan fingerprint density at radius 1 is 1.21 bits per heavy atom. The summed E-state index contributed by atoms with van der Waals surface area (Å²) in [7, 11) is 0. The first-order chi connectivity index (χ1) is 15.8. The SMILES string of the molecule is O=C(Nc1ncsc1-c1cccc(F)c1)OCC1CN2CCC1CC2.O=C(O)/C=C/C(=O)O. The Morgan fingerprint density at radius 2 is 1.91 bits per heavy atom. The number of ether oxygens (including phenoxy) is 1. The van der Waals surface area contributed by atoms with Crippen molar-refractivity contribution >= 4 is 35.2 Å². The number of carbonyl (C=O) groups excluding carboxylic acids is 1. The van der Waals surface area contributed by atoms with E-state index < -0.39 is 18.0 Å². The first-order valence-corrected chi connectivity index (χ1v) is 11.2. The van der Waals surface area contributed by atoms with Gasteiger partial charge in [0, 0.05) is 24.6 Å². The molecule has 2 aromatic rings. The fourth-order valence-electron chi connectivity index (χ4n) is 3.90. The fraction of sp³-hybridized carbons (Fsp3) is 0.364. The summed E-state index contributed by atoms with van der Waals surface area (Å²) in [6.45, 7) is 3.79. The quantitative estimate of drug-likeness (QED) is 0.539. The first-order valence-electron chi connectivity index (χ1n) is 10.3. The third-order valence-corrected chi connectivity index (χ3v) is 6.34. The third-order valence-electron chi connectivity index (χ3n) is 5.46. The van der Waals surface area contributed by atoms with Gasteiger partial charge in [-0.05, 0) is 49.5 Å². The molecule has 1 amide bonds. The van der Waals surface area contributed by atoms with Crippen LogP contribution in [0.15, 0.2) is 41.9 Å². The molecule has 0 radical (unpaired) electrons. The number of thiazole rings is 1. The van der Waals surface area contributed by atoms with Crippen LogP contribution in [0.5, 0.6) is 0 Å². The topological polar surface area (TPSA) is 129 Å². The second-order valence-corrected chi connectivity index (χ2v) is 8.53. The lowest BCUT2D eigenvalue weighted by atomic mass is 9.79. The maximum absolute atomic E-state index is 13.4. The highest BCUT2D eigenvalue weighted by Crippen LogP contribution is 2.33. The minimum Gasteiger partial charge on any atom is -0.478 e. The summed E-state index contributed by atoms with van der Waals surface area (Å²) in [5, 5.41) is 18.3. The Hall–Kier alpha value is -3.31. The second-order valence-electron chi connectivity index (χ2n) is 7.67. The van der Waals surface area contributed by atoms with E-state index in [-0.39, 0.29) is 5.82 Å². The zero-order valence-corrected chi connectivity index (χ0v) is 18.5. The van der Waals surface area contributed by atoms with Crippen LogP contribution in [0.3, 0.4) is 0 Å². The maximum Gasteiger partial charge on any atom is 0.412 e. The molecule has 1 aromatic heterocycles. The minimum absolute atomic E-state index is 0.318. The molecule has 1 atom stereocenters. The van der Waals surface area contributed by atoms with Crippen molar-refractivity contribution < 1.29 is 33.7 Å². The largest absolute Gasteiger partial charge is 0.478 e. The molecule has 3 aliphatic heterocycles. The average molecular weight is 478 g/mol. The maximum atomic E-state index is 13.4. The van der Waals surface area contributed by atoms with E-state index in [1.165, 1.54) is 49.4 Å². The Morgan fingerprint density at radius 3 is 2.48 bits per heavy atom. The van der Waals surface area contributed by atoms with Crippen LogP contribution in [0.2, 0.25) is 0 Å². The van der Waals surface area contributed by atoms with Crippen LogP contribution in [0.4, 0.5) is 15.0 Å². The zero-order valence-electron chi connectivity index (χ0n) is 17.6. The van der Waals surface area contributed by atoms with Crippen LogP contribution >= 0.6 is 11.3 Å². The minimum atomic E-state index is -1.26. The van der Waals surface area contributed by atoms with E-state index in [9.17, 15) is 18.8 Å². The summed E-state index contributed by atoms with van der Waals surface area (Å²) in [6.07, 6.45) is 3.02. The molecule has 176 valence electrons. The van der Waals surface area contributed by atoms with E-state index >= 15 is 0 Å². The summed E-state index contributed by atoms with van der Waals surface area (Å²) < 4.78 is 18.9. The zero-order chi connectivity index (χ0) is 23.8. The summed E-state index contributed by atoms with van der Waals surface area (Å²) in [5.74, 6) is -1.33. The molecule has 1 unspecified atom stereocenters. The van der Waals surface area contributed by atoms with Gasteiger partial charge in [-0.15, -0.1) is 11.3 Å². The number of rotatable bonds is 6. The lowest BCUT2D eigenvalue weighted by Crippen LogP contribution is -2.49. The van der Waals surface area contributed by atoms with Crippen molar-refractivity contribution in [1.29, 1.82) is 0 Å². The molecule has 2 bridgehead atoms. The van der Waals surface area contributed by atoms with Crippen molar-refractivity contribution in [2.45, 2.75) is 12.8 Å². The van der Waals surface area contributed by atoms with Gasteiger partial charge in [-0.2, -0.15) is 0 Å². The number of piperidine rings is 3. The van der Waals surface area contributed by atoms with E-state index in [4.69, 9.17) is 14.9 Å². The third kappa shape index (κ3) is 7.36. The molecule has 3 N–H and O–H groups in total. The van der Waals surface area contributed by atoms with Crippen molar-refractivity contribution in [1.82, 2.24) is 9.88 Å². The van der Waals surface area contributed by atoms with E-state index in [1.807, 2.05) is 0 Å². The van der Waals surface area contributed by atoms with Gasteiger partial charge in [-0.1, -0.05) is 12.1 Å². The molecular formula is C22H24FN3O6S. The molecular weight excluding hydrogens is 453 g/mol. The number of halogens is 1. The molecule has 0 saturated carbocycles. The Balaban J connectivity index is 0.000000331. The number of nitrogens with one attached hydrogen (secondary N) is 1. The van der Waals surface area contributed by atoms with Crippen LogP contribution in [-0.4, -0.2) is 64.4 Å². The van der Waals surface area contributed by atoms with Crippen molar-refractivity contribution in [2.24, 2.45) is 11.8 Å². The number of carboxylic acids is 2.